The van der Waals surface area contributed by atoms with Gasteiger partial charge in [-0.15, -0.1) is 0 Å². The molecule has 0 fully saturated rings. The highest BCUT2D eigenvalue weighted by Gasteiger charge is 2.24. The van der Waals surface area contributed by atoms with Crippen LogP contribution in [0.4, 0.5) is 11.5 Å². The third-order valence-electron chi connectivity index (χ3n) is 2.68. The van der Waals surface area contributed by atoms with Crippen molar-refractivity contribution in [3.8, 4) is 0 Å². The predicted octanol–water partition coefficient (Wildman–Crippen LogP) is 2.58. The molecule has 100 valence electrons. The van der Waals surface area contributed by atoms with E-state index in [4.69, 9.17) is 16.0 Å². The molecule has 2 aromatic heterocycles. The zero-order chi connectivity index (χ0) is 14.0. The van der Waals surface area contributed by atoms with Gasteiger partial charge in [-0.3, -0.25) is 10.1 Å². The molecule has 2 rings (SSSR count). The minimum atomic E-state index is -0.587. The third-order valence-corrected chi connectivity index (χ3v) is 2.95. The lowest BCUT2D eigenvalue weighted by Crippen LogP contribution is -2.19. The van der Waals surface area contributed by atoms with E-state index < -0.39 is 4.92 Å². The molecule has 0 aliphatic heterocycles. The number of nitro groups is 1. The van der Waals surface area contributed by atoms with Gasteiger partial charge in [0.2, 0.25) is 11.0 Å². The van der Waals surface area contributed by atoms with Crippen molar-refractivity contribution in [2.75, 3.05) is 11.9 Å². The zero-order valence-corrected chi connectivity index (χ0v) is 11.1. The summed E-state index contributed by atoms with van der Waals surface area (Å²) >= 11 is 5.74. The summed E-state index contributed by atoms with van der Waals surface area (Å²) in [5, 5.41) is 10.8. The van der Waals surface area contributed by atoms with Crippen LogP contribution in [-0.4, -0.2) is 21.9 Å². The number of aromatic nitrogens is 2. The van der Waals surface area contributed by atoms with Crippen molar-refractivity contribution in [2.45, 2.75) is 13.5 Å². The second kappa shape index (κ2) is 5.23. The number of furan rings is 1. The Morgan fingerprint density at radius 2 is 2.26 bits per heavy atom. The minimum Gasteiger partial charge on any atom is -0.469 e. The average molecular weight is 283 g/mol. The normalized spacial score (nSPS) is 10.5. The number of nitrogens with zero attached hydrogens (tertiary/aromatic N) is 4. The molecule has 0 saturated heterocycles. The maximum Gasteiger partial charge on any atom is 0.348 e. The number of hydrogen-bond donors (Lipinski definition) is 0. The maximum absolute atomic E-state index is 11.0. The van der Waals surface area contributed by atoms with Gasteiger partial charge < -0.3 is 9.32 Å². The molecule has 0 bridgehead atoms. The van der Waals surface area contributed by atoms with E-state index in [1.165, 1.54) is 6.33 Å². The Balaban J connectivity index is 2.34. The lowest BCUT2D eigenvalue weighted by molar-refractivity contribution is -0.384. The highest BCUT2D eigenvalue weighted by molar-refractivity contribution is 6.31. The summed E-state index contributed by atoms with van der Waals surface area (Å²) in [5.41, 5.74) is 0.624. The number of anilines is 1. The lowest BCUT2D eigenvalue weighted by atomic mass is 10.2. The van der Waals surface area contributed by atoms with Gasteiger partial charge in [-0.1, -0.05) is 11.6 Å². The van der Waals surface area contributed by atoms with E-state index >= 15 is 0 Å². The van der Waals surface area contributed by atoms with Crippen molar-refractivity contribution in [1.82, 2.24) is 9.97 Å². The molecule has 0 amide bonds. The fourth-order valence-electron chi connectivity index (χ4n) is 1.69. The van der Waals surface area contributed by atoms with Crippen LogP contribution in [0.1, 0.15) is 11.3 Å². The first-order chi connectivity index (χ1) is 9.00. The molecule has 2 aromatic rings. The van der Waals surface area contributed by atoms with E-state index in [9.17, 15) is 10.1 Å². The van der Waals surface area contributed by atoms with Crippen LogP contribution < -0.4 is 4.90 Å². The van der Waals surface area contributed by atoms with Crippen LogP contribution in [0.2, 0.25) is 5.15 Å². The van der Waals surface area contributed by atoms with E-state index in [0.29, 0.717) is 6.54 Å². The Morgan fingerprint density at radius 3 is 2.84 bits per heavy atom. The van der Waals surface area contributed by atoms with Gasteiger partial charge in [0.1, 0.15) is 12.1 Å². The Kier molecular flexibility index (Phi) is 3.66. The van der Waals surface area contributed by atoms with E-state index in [1.54, 1.807) is 24.3 Å². The van der Waals surface area contributed by atoms with Crippen LogP contribution in [0.25, 0.3) is 0 Å². The summed E-state index contributed by atoms with van der Waals surface area (Å²) in [5.74, 6) is 0.931. The lowest BCUT2D eigenvalue weighted by Gasteiger charge is -2.17. The second-order valence-corrected chi connectivity index (χ2v) is 4.31. The van der Waals surface area contributed by atoms with Crippen LogP contribution in [0.5, 0.6) is 0 Å². The number of aryl methyl sites for hydroxylation is 1. The molecule has 0 saturated carbocycles. The van der Waals surface area contributed by atoms with Crippen molar-refractivity contribution in [3.05, 3.63) is 45.2 Å². The number of rotatable bonds is 4. The van der Waals surface area contributed by atoms with Crippen molar-refractivity contribution in [1.29, 1.82) is 0 Å². The topological polar surface area (TPSA) is 85.3 Å². The molecule has 7 nitrogen and oxygen atoms in total. The van der Waals surface area contributed by atoms with E-state index in [-0.39, 0.29) is 16.7 Å². The van der Waals surface area contributed by atoms with Gasteiger partial charge in [-0.2, -0.15) is 0 Å². The van der Waals surface area contributed by atoms with E-state index in [1.807, 2.05) is 6.92 Å². The highest BCUT2D eigenvalue weighted by Crippen LogP contribution is 2.31. The van der Waals surface area contributed by atoms with Crippen LogP contribution in [-0.2, 0) is 6.54 Å². The molecular weight excluding hydrogens is 272 g/mol. The van der Waals surface area contributed by atoms with Crippen molar-refractivity contribution < 1.29 is 9.34 Å². The van der Waals surface area contributed by atoms with E-state index in [2.05, 4.69) is 9.97 Å². The average Bonchev–Trinajstić information content (AvgIpc) is 2.74. The van der Waals surface area contributed by atoms with Gasteiger partial charge in [0.05, 0.1) is 11.2 Å². The summed E-state index contributed by atoms with van der Waals surface area (Å²) in [4.78, 5) is 19.6. The number of halogens is 1. The van der Waals surface area contributed by atoms with Gasteiger partial charge in [-0.05, 0) is 13.0 Å². The zero-order valence-electron chi connectivity index (χ0n) is 10.3. The van der Waals surface area contributed by atoms with Gasteiger partial charge in [0.15, 0.2) is 0 Å². The molecule has 2 heterocycles. The maximum atomic E-state index is 11.0. The van der Waals surface area contributed by atoms with E-state index in [0.717, 1.165) is 11.3 Å². The molecule has 0 atom stereocenters. The fourth-order valence-corrected chi connectivity index (χ4v) is 1.89. The standard InChI is InChI=1S/C11H11ClN4O3/c1-7-8(3-4-19-7)5-15(2)11-9(16(17)18)10(12)13-6-14-11/h3-4,6H,5H2,1-2H3. The van der Waals surface area contributed by atoms with Gasteiger partial charge in [0, 0.05) is 19.2 Å². The first-order valence-corrected chi connectivity index (χ1v) is 5.77. The molecule has 8 heteroatoms. The Bertz CT molecular complexity index is 614. The van der Waals surface area contributed by atoms with Crippen molar-refractivity contribution >= 4 is 23.1 Å². The Labute approximate surface area is 114 Å². The fraction of sp³-hybridized carbons (Fsp3) is 0.273. The summed E-state index contributed by atoms with van der Waals surface area (Å²) in [6, 6.07) is 1.81. The number of hydrogen-bond acceptors (Lipinski definition) is 6. The first-order valence-electron chi connectivity index (χ1n) is 5.39. The molecule has 0 radical (unpaired) electrons. The Hall–Kier alpha value is -2.15. The monoisotopic (exact) mass is 282 g/mol. The van der Waals surface area contributed by atoms with Gasteiger partial charge in [0.25, 0.3) is 0 Å². The van der Waals surface area contributed by atoms with Crippen molar-refractivity contribution in [2.24, 2.45) is 0 Å². The minimum absolute atomic E-state index is 0.172. The quantitative estimate of drug-likeness (QED) is 0.487. The molecule has 0 spiro atoms. The van der Waals surface area contributed by atoms with Crippen LogP contribution in [0.3, 0.4) is 0 Å². The second-order valence-electron chi connectivity index (χ2n) is 3.95. The molecule has 0 aliphatic carbocycles. The van der Waals surface area contributed by atoms with Crippen molar-refractivity contribution in [3.63, 3.8) is 0 Å². The molecule has 0 aromatic carbocycles. The molecule has 0 N–H and O–H groups in total. The third kappa shape index (κ3) is 2.65. The molecular formula is C11H11ClN4O3. The SMILES string of the molecule is Cc1occc1CN(C)c1ncnc(Cl)c1[N+](=O)[O-]. The van der Waals surface area contributed by atoms with Crippen LogP contribution >= 0.6 is 11.6 Å². The van der Waals surface area contributed by atoms with Crippen LogP contribution in [0, 0.1) is 17.0 Å². The summed E-state index contributed by atoms with van der Waals surface area (Å²) in [6.07, 6.45) is 2.77. The van der Waals surface area contributed by atoms with Crippen LogP contribution in [0.15, 0.2) is 23.1 Å². The van der Waals surface area contributed by atoms with Gasteiger partial charge >= 0.3 is 5.69 Å². The van der Waals surface area contributed by atoms with Gasteiger partial charge in [-0.25, -0.2) is 9.97 Å². The highest BCUT2D eigenvalue weighted by atomic mass is 35.5. The molecule has 0 unspecified atom stereocenters. The molecule has 19 heavy (non-hydrogen) atoms. The summed E-state index contributed by atoms with van der Waals surface area (Å²) in [6.45, 7) is 2.25. The summed E-state index contributed by atoms with van der Waals surface area (Å²) < 4.78 is 5.18. The summed E-state index contributed by atoms with van der Waals surface area (Å²) in [7, 11) is 1.69. The largest absolute Gasteiger partial charge is 0.469 e. The smallest absolute Gasteiger partial charge is 0.348 e. The Morgan fingerprint density at radius 1 is 1.53 bits per heavy atom. The molecule has 0 aliphatic rings. The first kappa shape index (κ1) is 13.3. The predicted molar refractivity (Wildman–Crippen MR) is 69.2 cm³/mol.